The first-order chi connectivity index (χ1) is 12.6. The Kier molecular flexibility index (Phi) is 3.28. The molecule has 0 unspecified atom stereocenters. The maximum absolute atomic E-state index is 11.2. The van der Waals surface area contributed by atoms with Gasteiger partial charge in [0.1, 0.15) is 6.10 Å². The number of likely N-dealkylation sites (N-methyl/N-ethyl adjacent to an activating group) is 1. The van der Waals surface area contributed by atoms with Crippen LogP contribution in [-0.2, 0) is 11.8 Å². The van der Waals surface area contributed by atoms with Crippen LogP contribution in [0.15, 0.2) is 17.2 Å². The highest BCUT2D eigenvalue weighted by Gasteiger charge is 2.65. The molecule has 3 N–H and O–H groups in total. The van der Waals surface area contributed by atoms with Gasteiger partial charge in [-0.2, -0.15) is 5.10 Å². The van der Waals surface area contributed by atoms with Crippen LogP contribution in [0.5, 0.6) is 11.5 Å². The first-order valence-corrected chi connectivity index (χ1v) is 9.25. The number of primary amides is 1. The fourth-order valence-electron chi connectivity index (χ4n) is 5.93. The SMILES string of the molecule is COc1ccc2c3c1O[C@H]1C(=NNC(N)=O)CC[C@H]4[C@@H](C2)N(C)CC[C@]314. The summed E-state index contributed by atoms with van der Waals surface area (Å²) in [6.45, 7) is 1.04. The molecule has 2 aliphatic heterocycles. The predicted octanol–water partition coefficient (Wildman–Crippen LogP) is 1.39. The predicted molar refractivity (Wildman–Crippen MR) is 96.7 cm³/mol. The number of hydrazone groups is 1. The molecule has 1 saturated carbocycles. The minimum Gasteiger partial charge on any atom is -0.493 e. The van der Waals surface area contributed by atoms with Crippen molar-refractivity contribution in [3.05, 3.63) is 23.3 Å². The lowest BCUT2D eigenvalue weighted by Crippen LogP contribution is -2.65. The number of urea groups is 1. The number of rotatable bonds is 2. The van der Waals surface area contributed by atoms with Crippen molar-refractivity contribution in [2.75, 3.05) is 20.7 Å². The van der Waals surface area contributed by atoms with Crippen LogP contribution in [0.3, 0.4) is 0 Å². The maximum atomic E-state index is 11.2. The number of carbonyl (C=O) groups excluding carboxylic acids is 1. The van der Waals surface area contributed by atoms with Gasteiger partial charge in [0.05, 0.1) is 12.8 Å². The third-order valence-electron chi connectivity index (χ3n) is 6.92. The maximum Gasteiger partial charge on any atom is 0.332 e. The lowest BCUT2D eigenvalue weighted by molar-refractivity contribution is -0.00704. The Morgan fingerprint density at radius 1 is 1.50 bits per heavy atom. The quantitative estimate of drug-likeness (QED) is 0.784. The van der Waals surface area contributed by atoms with Gasteiger partial charge in [-0.15, -0.1) is 0 Å². The second-order valence-corrected chi connectivity index (χ2v) is 7.90. The molecular formula is C19H24N4O3. The van der Waals surface area contributed by atoms with E-state index in [1.165, 1.54) is 11.1 Å². The molecule has 1 saturated heterocycles. The number of benzene rings is 1. The average molecular weight is 356 g/mol. The van der Waals surface area contributed by atoms with E-state index in [0.29, 0.717) is 12.0 Å². The van der Waals surface area contributed by atoms with E-state index in [-0.39, 0.29) is 11.5 Å². The minimum atomic E-state index is -0.643. The molecular weight excluding hydrogens is 332 g/mol. The lowest BCUT2D eigenvalue weighted by atomic mass is 9.51. The van der Waals surface area contributed by atoms with Crippen molar-refractivity contribution < 1.29 is 14.3 Å². The molecule has 2 amide bonds. The lowest BCUT2D eigenvalue weighted by Gasteiger charge is -2.57. The number of methoxy groups -OCH3 is 1. The van der Waals surface area contributed by atoms with Crippen LogP contribution < -0.4 is 20.6 Å². The third kappa shape index (κ3) is 1.86. The Bertz CT molecular complexity index is 823. The molecule has 1 aromatic rings. The Labute approximate surface area is 152 Å². The van der Waals surface area contributed by atoms with Crippen molar-refractivity contribution in [1.29, 1.82) is 0 Å². The number of amides is 2. The van der Waals surface area contributed by atoms with Gasteiger partial charge >= 0.3 is 6.03 Å². The number of likely N-dealkylation sites (tertiary alicyclic amines) is 1. The van der Waals surface area contributed by atoms with E-state index in [4.69, 9.17) is 15.2 Å². The molecule has 1 aromatic carbocycles. The standard InChI is InChI=1S/C19H24N4O3/c1-23-8-7-19-11-4-5-12(21-22-18(20)24)17(19)26-16-14(25-2)6-3-10(15(16)19)9-13(11)23/h3,6,11,13,17H,4-5,7-9H2,1-2H3,(H3,20,22,24)/t11-,13+,17-,19-/m0/s1. The van der Waals surface area contributed by atoms with Crippen LogP contribution in [0.4, 0.5) is 4.79 Å². The summed E-state index contributed by atoms with van der Waals surface area (Å²) < 4.78 is 12.1. The molecule has 2 bridgehead atoms. The van der Waals surface area contributed by atoms with Crippen LogP contribution in [0, 0.1) is 5.92 Å². The van der Waals surface area contributed by atoms with Crippen LogP contribution in [-0.4, -0.2) is 49.5 Å². The number of ether oxygens (including phenoxy) is 2. The average Bonchev–Trinajstić information content (AvgIpc) is 2.98. The molecule has 138 valence electrons. The van der Waals surface area contributed by atoms with E-state index >= 15 is 0 Å². The van der Waals surface area contributed by atoms with Gasteiger partial charge in [0.15, 0.2) is 11.5 Å². The van der Waals surface area contributed by atoms with E-state index in [2.05, 4.69) is 28.5 Å². The fourth-order valence-corrected chi connectivity index (χ4v) is 5.93. The van der Waals surface area contributed by atoms with Gasteiger partial charge in [-0.3, -0.25) is 0 Å². The zero-order valence-electron chi connectivity index (χ0n) is 15.1. The van der Waals surface area contributed by atoms with Crippen LogP contribution in [0.25, 0.3) is 0 Å². The largest absolute Gasteiger partial charge is 0.493 e. The number of hydrogen-bond acceptors (Lipinski definition) is 5. The summed E-state index contributed by atoms with van der Waals surface area (Å²) in [4.78, 5) is 13.7. The number of hydrogen-bond donors (Lipinski definition) is 2. The van der Waals surface area contributed by atoms with Crippen LogP contribution >= 0.6 is 0 Å². The summed E-state index contributed by atoms with van der Waals surface area (Å²) in [7, 11) is 3.92. The number of nitrogens with two attached hydrogens (primary N) is 1. The number of carbonyl (C=O) groups is 1. The minimum absolute atomic E-state index is 0.0783. The van der Waals surface area contributed by atoms with Crippen molar-refractivity contribution in [2.24, 2.45) is 16.8 Å². The van der Waals surface area contributed by atoms with Crippen molar-refractivity contribution in [3.63, 3.8) is 0 Å². The summed E-state index contributed by atoms with van der Waals surface area (Å²) in [5, 5.41) is 4.33. The zero-order chi connectivity index (χ0) is 18.1. The Balaban J connectivity index is 1.70. The molecule has 2 fully saturated rings. The molecule has 0 aromatic heterocycles. The van der Waals surface area contributed by atoms with Crippen molar-refractivity contribution in [2.45, 2.75) is 43.2 Å². The van der Waals surface area contributed by atoms with Crippen LogP contribution in [0.2, 0.25) is 0 Å². The normalized spacial score (nSPS) is 35.6. The monoisotopic (exact) mass is 356 g/mol. The van der Waals surface area contributed by atoms with E-state index in [1.807, 2.05) is 6.07 Å². The Morgan fingerprint density at radius 3 is 3.12 bits per heavy atom. The van der Waals surface area contributed by atoms with Gasteiger partial charge in [0.2, 0.25) is 0 Å². The van der Waals surface area contributed by atoms with Gasteiger partial charge < -0.3 is 20.1 Å². The fraction of sp³-hybridized carbons (Fsp3) is 0.579. The van der Waals surface area contributed by atoms with E-state index < -0.39 is 6.03 Å². The molecule has 4 atom stereocenters. The highest BCUT2D eigenvalue weighted by molar-refractivity contribution is 5.94. The molecule has 1 spiro atoms. The van der Waals surface area contributed by atoms with E-state index in [1.54, 1.807) is 7.11 Å². The molecule has 7 heteroatoms. The van der Waals surface area contributed by atoms with Gasteiger partial charge in [-0.1, -0.05) is 6.07 Å². The molecule has 26 heavy (non-hydrogen) atoms. The highest BCUT2D eigenvalue weighted by Crippen LogP contribution is 2.63. The number of piperidine rings is 1. The second kappa shape index (κ2) is 5.36. The second-order valence-electron chi connectivity index (χ2n) is 7.90. The molecule has 4 aliphatic rings. The van der Waals surface area contributed by atoms with Crippen molar-refractivity contribution in [1.82, 2.24) is 10.3 Å². The molecule has 7 nitrogen and oxygen atoms in total. The highest BCUT2D eigenvalue weighted by atomic mass is 16.5. The summed E-state index contributed by atoms with van der Waals surface area (Å²) in [5.74, 6) is 2.18. The summed E-state index contributed by atoms with van der Waals surface area (Å²) in [6, 6.07) is 4.08. The Morgan fingerprint density at radius 2 is 2.35 bits per heavy atom. The first-order valence-electron chi connectivity index (χ1n) is 9.25. The molecule has 0 radical (unpaired) electrons. The zero-order valence-corrected chi connectivity index (χ0v) is 15.1. The third-order valence-corrected chi connectivity index (χ3v) is 6.92. The van der Waals surface area contributed by atoms with Gasteiger partial charge in [0, 0.05) is 17.0 Å². The molecule has 2 aliphatic carbocycles. The van der Waals surface area contributed by atoms with Gasteiger partial charge in [-0.05, 0) is 56.8 Å². The number of nitrogens with one attached hydrogen (secondary N) is 1. The first kappa shape index (κ1) is 15.9. The van der Waals surface area contributed by atoms with Crippen LogP contribution in [0.1, 0.15) is 30.4 Å². The van der Waals surface area contributed by atoms with E-state index in [9.17, 15) is 4.79 Å². The van der Waals surface area contributed by atoms with Gasteiger partial charge in [0.25, 0.3) is 0 Å². The summed E-state index contributed by atoms with van der Waals surface area (Å²) in [5.41, 5.74) is 11.1. The molecule has 5 rings (SSSR count). The van der Waals surface area contributed by atoms with Crippen molar-refractivity contribution in [3.8, 4) is 11.5 Å². The Hall–Kier alpha value is -2.28. The summed E-state index contributed by atoms with van der Waals surface area (Å²) in [6.07, 6.45) is 3.78. The summed E-state index contributed by atoms with van der Waals surface area (Å²) >= 11 is 0. The topological polar surface area (TPSA) is 89.2 Å². The van der Waals surface area contributed by atoms with E-state index in [0.717, 1.165) is 49.4 Å². The number of nitrogens with zero attached hydrogens (tertiary/aromatic N) is 2. The van der Waals surface area contributed by atoms with Crippen molar-refractivity contribution >= 4 is 11.7 Å². The molecule has 2 heterocycles. The smallest absolute Gasteiger partial charge is 0.332 e. The van der Waals surface area contributed by atoms with Gasteiger partial charge in [-0.25, -0.2) is 10.2 Å².